The van der Waals surface area contributed by atoms with Crippen LogP contribution in [0.2, 0.25) is 5.02 Å². The van der Waals surface area contributed by atoms with Crippen LogP contribution in [0.3, 0.4) is 0 Å². The number of ether oxygens (including phenoxy) is 3. The molecule has 1 aliphatic heterocycles. The molecule has 39 heavy (non-hydrogen) atoms. The lowest BCUT2D eigenvalue weighted by Crippen LogP contribution is -2.19. The number of carbonyl (C=O) groups excluding carboxylic acids is 1. The highest BCUT2D eigenvalue weighted by atomic mass is 35.5. The predicted molar refractivity (Wildman–Crippen MR) is 142 cm³/mol. The molecule has 6 rings (SSSR count). The second-order valence-corrected chi connectivity index (χ2v) is 9.86. The van der Waals surface area contributed by atoms with E-state index in [0.717, 1.165) is 16.7 Å². The number of carboxylic acid groups (broad SMARTS) is 1. The maximum Gasteiger partial charge on any atom is 0.412 e. The highest BCUT2D eigenvalue weighted by Gasteiger charge is 2.51. The number of carbonyl (C=O) groups is 2. The molecule has 2 N–H and O–H groups in total. The molecule has 1 aliphatic carbocycles. The lowest BCUT2D eigenvalue weighted by molar-refractivity contribution is -0.140. The number of halogens is 1. The number of rotatable bonds is 7. The Bertz CT molecular complexity index is 1580. The molecule has 2 aliphatic rings. The van der Waals surface area contributed by atoms with Crippen LogP contribution < -0.4 is 14.8 Å². The second-order valence-electron chi connectivity index (χ2n) is 9.45. The number of hydrogen-bond acceptors (Lipinski definition) is 7. The first-order valence-electron chi connectivity index (χ1n) is 12.3. The Labute approximate surface area is 228 Å². The van der Waals surface area contributed by atoms with E-state index in [4.69, 9.17) is 30.3 Å². The molecule has 1 aromatic heterocycles. The van der Waals surface area contributed by atoms with Crippen LogP contribution in [0.4, 0.5) is 10.5 Å². The van der Waals surface area contributed by atoms with Crippen LogP contribution in [0.5, 0.6) is 11.5 Å². The van der Waals surface area contributed by atoms with Gasteiger partial charge in [0.15, 0.2) is 17.3 Å². The van der Waals surface area contributed by atoms with Crippen molar-refractivity contribution in [3.63, 3.8) is 0 Å². The topological polar surface area (TPSA) is 120 Å². The van der Waals surface area contributed by atoms with Crippen LogP contribution in [0, 0.1) is 0 Å². The average Bonchev–Trinajstić information content (AvgIpc) is 3.38. The van der Waals surface area contributed by atoms with Crippen molar-refractivity contribution in [1.29, 1.82) is 0 Å². The smallest absolute Gasteiger partial charge is 0.412 e. The summed E-state index contributed by atoms with van der Waals surface area (Å²) < 4.78 is 22.6. The van der Waals surface area contributed by atoms with Gasteiger partial charge in [-0.05, 0) is 49.1 Å². The first kappa shape index (κ1) is 24.8. The molecule has 4 aromatic rings. The van der Waals surface area contributed by atoms with Crippen LogP contribution in [-0.2, 0) is 14.9 Å². The second kappa shape index (κ2) is 9.67. The fourth-order valence-corrected chi connectivity index (χ4v) is 5.10. The summed E-state index contributed by atoms with van der Waals surface area (Å²) in [5.41, 5.74) is 3.16. The number of anilines is 1. The monoisotopic (exact) mass is 546 g/mol. The van der Waals surface area contributed by atoms with E-state index < -0.39 is 23.6 Å². The summed E-state index contributed by atoms with van der Waals surface area (Å²) in [6.07, 6.45) is 1.37. The fourth-order valence-electron chi connectivity index (χ4n) is 4.81. The van der Waals surface area contributed by atoms with Gasteiger partial charge in [0.05, 0.1) is 17.2 Å². The van der Waals surface area contributed by atoms with Crippen molar-refractivity contribution >= 4 is 29.4 Å². The van der Waals surface area contributed by atoms with Gasteiger partial charge in [0.25, 0.3) is 0 Å². The molecule has 1 atom stereocenters. The molecular weight excluding hydrogens is 524 g/mol. The van der Waals surface area contributed by atoms with Gasteiger partial charge >= 0.3 is 12.1 Å². The van der Waals surface area contributed by atoms with E-state index in [9.17, 15) is 14.7 Å². The Morgan fingerprint density at radius 2 is 1.72 bits per heavy atom. The summed E-state index contributed by atoms with van der Waals surface area (Å²) in [6.45, 7) is 1.73. The van der Waals surface area contributed by atoms with Crippen molar-refractivity contribution in [2.24, 2.45) is 0 Å². The van der Waals surface area contributed by atoms with Crippen molar-refractivity contribution in [1.82, 2.24) is 5.16 Å². The van der Waals surface area contributed by atoms with Crippen molar-refractivity contribution in [2.75, 3.05) is 12.1 Å². The Balaban J connectivity index is 1.24. The SMILES string of the molecule is CC(OC(=O)Nc1cnoc1-c1ccc(-c2ccc(C3(C(=O)O)CC3)cc2)c2c1OCO2)c1ccccc1Cl. The van der Waals surface area contributed by atoms with Crippen molar-refractivity contribution in [2.45, 2.75) is 31.3 Å². The third-order valence-electron chi connectivity index (χ3n) is 7.11. The molecule has 9 nitrogen and oxygen atoms in total. The van der Waals surface area contributed by atoms with Gasteiger partial charge in [-0.1, -0.05) is 59.2 Å². The number of nitrogens with one attached hydrogen (secondary N) is 1. The summed E-state index contributed by atoms with van der Waals surface area (Å²) in [7, 11) is 0. The van der Waals surface area contributed by atoms with Gasteiger partial charge in [-0.3, -0.25) is 10.1 Å². The normalized spacial score (nSPS) is 15.4. The number of carboxylic acids is 1. The van der Waals surface area contributed by atoms with Crippen LogP contribution in [0.1, 0.15) is 37.0 Å². The van der Waals surface area contributed by atoms with E-state index in [1.165, 1.54) is 6.20 Å². The molecule has 3 aromatic carbocycles. The molecule has 0 bridgehead atoms. The van der Waals surface area contributed by atoms with E-state index in [1.807, 2.05) is 36.4 Å². The van der Waals surface area contributed by atoms with Crippen molar-refractivity contribution in [3.8, 4) is 33.9 Å². The number of benzene rings is 3. The molecule has 1 amide bonds. The van der Waals surface area contributed by atoms with E-state index in [-0.39, 0.29) is 12.6 Å². The maximum absolute atomic E-state index is 12.7. The number of hydrogen-bond donors (Lipinski definition) is 2. The number of aromatic nitrogens is 1. The Kier molecular flexibility index (Phi) is 6.15. The molecule has 1 unspecified atom stereocenters. The van der Waals surface area contributed by atoms with Gasteiger partial charge in [-0.15, -0.1) is 0 Å². The third-order valence-corrected chi connectivity index (χ3v) is 7.45. The van der Waals surface area contributed by atoms with Gasteiger partial charge in [-0.25, -0.2) is 4.79 Å². The summed E-state index contributed by atoms with van der Waals surface area (Å²) in [6, 6.07) is 18.2. The minimum Gasteiger partial charge on any atom is -0.481 e. The molecule has 10 heteroatoms. The minimum atomic E-state index is -0.795. The van der Waals surface area contributed by atoms with E-state index in [0.29, 0.717) is 46.2 Å². The lowest BCUT2D eigenvalue weighted by Gasteiger charge is -2.15. The molecular formula is C29H23ClN2O7. The average molecular weight is 547 g/mol. The molecule has 2 heterocycles. The van der Waals surface area contributed by atoms with Crippen LogP contribution in [0.15, 0.2) is 71.4 Å². The van der Waals surface area contributed by atoms with Gasteiger partial charge in [0.1, 0.15) is 11.8 Å². The molecule has 0 saturated heterocycles. The molecule has 1 fully saturated rings. The minimum absolute atomic E-state index is 0.00778. The van der Waals surface area contributed by atoms with Crippen LogP contribution in [-0.4, -0.2) is 29.1 Å². The van der Waals surface area contributed by atoms with Crippen molar-refractivity contribution in [3.05, 3.63) is 83.0 Å². The summed E-state index contributed by atoms with van der Waals surface area (Å²) in [4.78, 5) is 24.3. The number of aliphatic carboxylic acids is 1. The summed E-state index contributed by atoms with van der Waals surface area (Å²) >= 11 is 6.22. The van der Waals surface area contributed by atoms with E-state index >= 15 is 0 Å². The predicted octanol–water partition coefficient (Wildman–Crippen LogP) is 6.82. The van der Waals surface area contributed by atoms with Gasteiger partial charge < -0.3 is 23.8 Å². The largest absolute Gasteiger partial charge is 0.481 e. The molecule has 0 spiro atoms. The number of amides is 1. The zero-order valence-corrected chi connectivity index (χ0v) is 21.5. The highest BCUT2D eigenvalue weighted by Crippen LogP contribution is 2.51. The van der Waals surface area contributed by atoms with Gasteiger partial charge in [0.2, 0.25) is 6.79 Å². The van der Waals surface area contributed by atoms with Crippen LogP contribution in [0.25, 0.3) is 22.5 Å². The zero-order chi connectivity index (χ0) is 27.1. The Hall–Kier alpha value is -4.50. The highest BCUT2D eigenvalue weighted by molar-refractivity contribution is 6.31. The standard InChI is InChI=1S/C29H23ClN2O7/c1-16(19-4-2-3-5-22(19)30)38-28(35)32-23-14-31-39-24(23)21-11-10-20(25-26(21)37-15-36-25)17-6-8-18(9-7-17)29(12-13-29)27(33)34/h2-11,14,16H,12-13,15H2,1H3,(H,32,35)(H,33,34). The molecule has 0 radical (unpaired) electrons. The molecule has 1 saturated carbocycles. The Morgan fingerprint density at radius 1 is 1.03 bits per heavy atom. The fraction of sp³-hybridized carbons (Fsp3) is 0.207. The quantitative estimate of drug-likeness (QED) is 0.259. The third kappa shape index (κ3) is 4.44. The summed E-state index contributed by atoms with van der Waals surface area (Å²) in [5, 5.41) is 16.6. The van der Waals surface area contributed by atoms with Gasteiger partial charge in [-0.2, -0.15) is 0 Å². The number of nitrogens with zero attached hydrogens (tertiary/aromatic N) is 1. The van der Waals surface area contributed by atoms with Gasteiger partial charge in [0, 0.05) is 16.1 Å². The lowest BCUT2D eigenvalue weighted by atomic mass is 9.93. The van der Waals surface area contributed by atoms with E-state index in [2.05, 4.69) is 10.5 Å². The first-order chi connectivity index (χ1) is 18.9. The summed E-state index contributed by atoms with van der Waals surface area (Å²) in [5.74, 6) is 0.435. The molecule has 198 valence electrons. The zero-order valence-electron chi connectivity index (χ0n) is 20.8. The van der Waals surface area contributed by atoms with E-state index in [1.54, 1.807) is 31.2 Å². The first-order valence-corrected chi connectivity index (χ1v) is 12.7. The maximum atomic E-state index is 12.7. The van der Waals surface area contributed by atoms with Crippen LogP contribution >= 0.6 is 11.6 Å². The Morgan fingerprint density at radius 3 is 2.41 bits per heavy atom. The number of fused-ring (bicyclic) bond motifs is 1. The van der Waals surface area contributed by atoms with Crippen molar-refractivity contribution < 1.29 is 33.4 Å².